The minimum Gasteiger partial charge on any atom is -0.392 e. The van der Waals surface area contributed by atoms with E-state index in [0.717, 1.165) is 16.8 Å². The van der Waals surface area contributed by atoms with Crippen molar-refractivity contribution in [3.05, 3.63) is 53.3 Å². The largest absolute Gasteiger partial charge is 0.392 e. The maximum Gasteiger partial charge on any atom is 0.0681 e. The molecule has 0 spiro atoms. The van der Waals surface area contributed by atoms with Crippen LogP contribution in [0, 0.1) is 13.8 Å². The lowest BCUT2D eigenvalue weighted by molar-refractivity contribution is 0.282. The van der Waals surface area contributed by atoms with Crippen molar-refractivity contribution in [1.29, 1.82) is 0 Å². The van der Waals surface area contributed by atoms with E-state index >= 15 is 0 Å². The van der Waals surface area contributed by atoms with Crippen molar-refractivity contribution in [1.82, 2.24) is 4.98 Å². The molecule has 0 radical (unpaired) electrons. The first kappa shape index (κ1) is 10.8. The quantitative estimate of drug-likeness (QED) is 0.832. The summed E-state index contributed by atoms with van der Waals surface area (Å²) in [5, 5.41) is 9.07. The van der Waals surface area contributed by atoms with Crippen molar-refractivity contribution in [3.63, 3.8) is 0 Å². The van der Waals surface area contributed by atoms with Gasteiger partial charge in [0.2, 0.25) is 0 Å². The van der Waals surface area contributed by atoms with Crippen LogP contribution in [0.3, 0.4) is 0 Å². The first-order valence-electron chi connectivity index (χ1n) is 5.34. The molecule has 2 nitrogen and oxygen atoms in total. The maximum atomic E-state index is 9.07. The van der Waals surface area contributed by atoms with Crippen LogP contribution >= 0.6 is 0 Å². The molecule has 0 amide bonds. The highest BCUT2D eigenvalue weighted by Gasteiger charge is 2.05. The van der Waals surface area contributed by atoms with E-state index in [-0.39, 0.29) is 6.61 Å². The highest BCUT2D eigenvalue weighted by atomic mass is 16.3. The van der Waals surface area contributed by atoms with Gasteiger partial charge in [0.1, 0.15) is 0 Å². The van der Waals surface area contributed by atoms with Gasteiger partial charge in [-0.25, -0.2) is 0 Å². The van der Waals surface area contributed by atoms with Gasteiger partial charge < -0.3 is 5.11 Å². The van der Waals surface area contributed by atoms with Crippen molar-refractivity contribution in [2.75, 3.05) is 0 Å². The average molecular weight is 213 g/mol. The van der Waals surface area contributed by atoms with Crippen LogP contribution in [0.4, 0.5) is 0 Å². The number of rotatable bonds is 2. The number of pyridine rings is 1. The van der Waals surface area contributed by atoms with Crippen LogP contribution in [-0.4, -0.2) is 10.1 Å². The predicted octanol–water partition coefficient (Wildman–Crippen LogP) is 2.86. The molecule has 0 unspecified atom stereocenters. The molecular weight excluding hydrogens is 198 g/mol. The average Bonchev–Trinajstić information content (AvgIpc) is 2.30. The first-order chi connectivity index (χ1) is 7.72. The van der Waals surface area contributed by atoms with Crippen molar-refractivity contribution in [2.24, 2.45) is 0 Å². The third kappa shape index (κ3) is 1.97. The minimum atomic E-state index is 0.0904. The molecule has 82 valence electrons. The summed E-state index contributed by atoms with van der Waals surface area (Å²) < 4.78 is 0. The van der Waals surface area contributed by atoms with Crippen LogP contribution < -0.4 is 0 Å². The molecule has 0 saturated carbocycles. The molecule has 0 aliphatic carbocycles. The van der Waals surface area contributed by atoms with E-state index in [4.69, 9.17) is 5.11 Å². The van der Waals surface area contributed by atoms with E-state index in [1.54, 1.807) is 6.20 Å². The standard InChI is InChI=1S/C14H15NO/c1-10-8-12(9-16)5-6-13(10)14-4-3-7-15-11(14)2/h3-8,16H,9H2,1-2H3. The molecule has 0 aliphatic heterocycles. The topological polar surface area (TPSA) is 33.1 Å². The Morgan fingerprint density at radius 1 is 1.12 bits per heavy atom. The zero-order chi connectivity index (χ0) is 11.5. The Morgan fingerprint density at radius 3 is 2.56 bits per heavy atom. The van der Waals surface area contributed by atoms with E-state index < -0.39 is 0 Å². The second-order valence-corrected chi connectivity index (χ2v) is 3.94. The molecule has 1 aromatic heterocycles. The highest BCUT2D eigenvalue weighted by Crippen LogP contribution is 2.25. The van der Waals surface area contributed by atoms with Gasteiger partial charge in [-0.15, -0.1) is 0 Å². The van der Waals surface area contributed by atoms with Crippen molar-refractivity contribution in [3.8, 4) is 11.1 Å². The molecule has 2 rings (SSSR count). The maximum absolute atomic E-state index is 9.07. The van der Waals surface area contributed by atoms with Gasteiger partial charge in [-0.2, -0.15) is 0 Å². The van der Waals surface area contributed by atoms with Gasteiger partial charge >= 0.3 is 0 Å². The summed E-state index contributed by atoms with van der Waals surface area (Å²) in [6.07, 6.45) is 1.80. The summed E-state index contributed by atoms with van der Waals surface area (Å²) >= 11 is 0. The van der Waals surface area contributed by atoms with Crippen LogP contribution in [-0.2, 0) is 6.61 Å². The Morgan fingerprint density at radius 2 is 1.94 bits per heavy atom. The normalized spacial score (nSPS) is 10.4. The van der Waals surface area contributed by atoms with E-state index in [1.165, 1.54) is 11.1 Å². The number of hydrogen-bond acceptors (Lipinski definition) is 2. The Balaban J connectivity index is 2.53. The van der Waals surface area contributed by atoms with Gasteiger partial charge in [-0.1, -0.05) is 24.3 Å². The number of nitrogens with zero attached hydrogens (tertiary/aromatic N) is 1. The molecule has 1 N–H and O–H groups in total. The molecule has 0 bridgehead atoms. The molecule has 2 aromatic rings. The van der Waals surface area contributed by atoms with Gasteiger partial charge in [0.25, 0.3) is 0 Å². The molecule has 0 aliphatic rings. The lowest BCUT2D eigenvalue weighted by atomic mass is 9.98. The molecule has 0 saturated heterocycles. The van der Waals surface area contributed by atoms with Crippen LogP contribution in [0.15, 0.2) is 36.5 Å². The predicted molar refractivity (Wildman–Crippen MR) is 65.1 cm³/mol. The SMILES string of the molecule is Cc1cc(CO)ccc1-c1cccnc1C. The van der Waals surface area contributed by atoms with Crippen molar-refractivity contribution in [2.45, 2.75) is 20.5 Å². The summed E-state index contributed by atoms with van der Waals surface area (Å²) in [6, 6.07) is 10.0. The zero-order valence-electron chi connectivity index (χ0n) is 9.57. The van der Waals surface area contributed by atoms with Crippen LogP contribution in [0.2, 0.25) is 0 Å². The molecule has 2 heteroatoms. The summed E-state index contributed by atoms with van der Waals surface area (Å²) in [4.78, 5) is 4.29. The fourth-order valence-electron chi connectivity index (χ4n) is 1.90. The fraction of sp³-hybridized carbons (Fsp3) is 0.214. The monoisotopic (exact) mass is 213 g/mol. The lowest BCUT2D eigenvalue weighted by Crippen LogP contribution is -1.91. The summed E-state index contributed by atoms with van der Waals surface area (Å²) in [5.74, 6) is 0. The van der Waals surface area contributed by atoms with Crippen molar-refractivity contribution >= 4 is 0 Å². The molecule has 16 heavy (non-hydrogen) atoms. The summed E-state index contributed by atoms with van der Waals surface area (Å²) in [7, 11) is 0. The second kappa shape index (κ2) is 4.45. The number of aliphatic hydroxyl groups is 1. The molecule has 1 heterocycles. The minimum absolute atomic E-state index is 0.0904. The van der Waals surface area contributed by atoms with Crippen molar-refractivity contribution < 1.29 is 5.11 Å². The van der Waals surface area contributed by atoms with Crippen LogP contribution in [0.5, 0.6) is 0 Å². The van der Waals surface area contributed by atoms with Gasteiger partial charge in [0.15, 0.2) is 0 Å². The smallest absolute Gasteiger partial charge is 0.0681 e. The molecule has 0 atom stereocenters. The number of aryl methyl sites for hydroxylation is 2. The third-order valence-electron chi connectivity index (χ3n) is 2.77. The Hall–Kier alpha value is -1.67. The summed E-state index contributed by atoms with van der Waals surface area (Å²) in [5.41, 5.74) is 5.49. The molecular formula is C14H15NO. The Labute approximate surface area is 95.6 Å². The molecule has 0 fully saturated rings. The summed E-state index contributed by atoms with van der Waals surface area (Å²) in [6.45, 7) is 4.16. The zero-order valence-corrected chi connectivity index (χ0v) is 9.57. The van der Waals surface area contributed by atoms with E-state index in [9.17, 15) is 0 Å². The highest BCUT2D eigenvalue weighted by molar-refractivity contribution is 5.69. The Bertz CT molecular complexity index is 506. The third-order valence-corrected chi connectivity index (χ3v) is 2.77. The number of hydrogen-bond donors (Lipinski definition) is 1. The second-order valence-electron chi connectivity index (χ2n) is 3.94. The van der Waals surface area contributed by atoms with E-state index in [0.29, 0.717) is 0 Å². The molecule has 1 aromatic carbocycles. The Kier molecular flexibility index (Phi) is 3.02. The van der Waals surface area contributed by atoms with Gasteiger partial charge in [0, 0.05) is 17.5 Å². The number of aliphatic hydroxyl groups excluding tert-OH is 1. The number of benzene rings is 1. The van der Waals surface area contributed by atoms with Crippen LogP contribution in [0.25, 0.3) is 11.1 Å². The van der Waals surface area contributed by atoms with Gasteiger partial charge in [-0.05, 0) is 36.6 Å². The van der Waals surface area contributed by atoms with Crippen LogP contribution in [0.1, 0.15) is 16.8 Å². The van der Waals surface area contributed by atoms with Gasteiger partial charge in [-0.3, -0.25) is 4.98 Å². The fourth-order valence-corrected chi connectivity index (χ4v) is 1.90. The van der Waals surface area contributed by atoms with E-state index in [2.05, 4.69) is 18.0 Å². The van der Waals surface area contributed by atoms with E-state index in [1.807, 2.05) is 31.2 Å². The lowest BCUT2D eigenvalue weighted by Gasteiger charge is -2.09. The first-order valence-corrected chi connectivity index (χ1v) is 5.34. The van der Waals surface area contributed by atoms with Gasteiger partial charge in [0.05, 0.1) is 6.61 Å². The number of aromatic nitrogens is 1.